The lowest BCUT2D eigenvalue weighted by Gasteiger charge is -2.18. The number of urea groups is 1. The third-order valence-corrected chi connectivity index (χ3v) is 6.39. The van der Waals surface area contributed by atoms with Crippen molar-refractivity contribution in [2.24, 2.45) is 0 Å². The van der Waals surface area contributed by atoms with E-state index < -0.39 is 5.82 Å². The first-order chi connectivity index (χ1) is 18.5. The number of fused-ring (bicyclic) bond motifs is 1. The summed E-state index contributed by atoms with van der Waals surface area (Å²) in [7, 11) is 3.06. The van der Waals surface area contributed by atoms with Crippen LogP contribution in [-0.2, 0) is 17.8 Å². The Bertz CT molecular complexity index is 1490. The lowest BCUT2D eigenvalue weighted by Crippen LogP contribution is -2.36. The minimum absolute atomic E-state index is 0.00484. The molecule has 0 aliphatic carbocycles. The van der Waals surface area contributed by atoms with Crippen LogP contribution in [0.2, 0.25) is 0 Å². The van der Waals surface area contributed by atoms with E-state index in [4.69, 9.17) is 14.2 Å². The summed E-state index contributed by atoms with van der Waals surface area (Å²) in [5.74, 6) is 0.393. The number of benzene rings is 3. The van der Waals surface area contributed by atoms with Crippen LogP contribution < -0.4 is 14.2 Å². The molecule has 0 spiro atoms. The monoisotopic (exact) mass is 515 g/mol. The predicted molar refractivity (Wildman–Crippen MR) is 139 cm³/mol. The van der Waals surface area contributed by atoms with Crippen molar-refractivity contribution >= 4 is 22.8 Å². The van der Waals surface area contributed by atoms with Crippen LogP contribution in [0.25, 0.3) is 10.9 Å². The summed E-state index contributed by atoms with van der Waals surface area (Å²) < 4.78 is 31.6. The first kappa shape index (κ1) is 25.0. The summed E-state index contributed by atoms with van der Waals surface area (Å²) in [6.45, 7) is 1.20. The topological polar surface area (TPSA) is 81.2 Å². The number of hydrogen-bond donors (Lipinski definition) is 0. The molecule has 0 bridgehead atoms. The maximum Gasteiger partial charge on any atom is 0.327 e. The Morgan fingerprint density at radius 1 is 0.895 bits per heavy atom. The molecule has 8 nitrogen and oxygen atoms in total. The maximum atomic E-state index is 15.0. The number of ether oxygens (including phenoxy) is 3. The molecule has 0 atom stereocenters. The summed E-state index contributed by atoms with van der Waals surface area (Å²) in [6, 6.07) is 18.7. The molecular weight excluding hydrogens is 489 g/mol. The molecule has 3 amide bonds. The zero-order valence-corrected chi connectivity index (χ0v) is 21.0. The Morgan fingerprint density at radius 3 is 2.39 bits per heavy atom. The van der Waals surface area contributed by atoms with Gasteiger partial charge in [0.05, 0.1) is 26.2 Å². The number of amides is 3. The molecule has 2 heterocycles. The van der Waals surface area contributed by atoms with Crippen molar-refractivity contribution in [1.29, 1.82) is 0 Å². The molecule has 0 radical (unpaired) electrons. The van der Waals surface area contributed by atoms with E-state index in [1.807, 2.05) is 30.3 Å². The second kappa shape index (κ2) is 10.8. The molecule has 1 aliphatic rings. The van der Waals surface area contributed by atoms with Gasteiger partial charge in [0.2, 0.25) is 5.91 Å². The maximum absolute atomic E-state index is 15.0. The number of pyridine rings is 1. The van der Waals surface area contributed by atoms with Crippen molar-refractivity contribution in [1.82, 2.24) is 14.8 Å². The van der Waals surface area contributed by atoms with E-state index in [0.29, 0.717) is 53.3 Å². The van der Waals surface area contributed by atoms with Crippen LogP contribution in [0.3, 0.4) is 0 Å². The van der Waals surface area contributed by atoms with Gasteiger partial charge in [-0.3, -0.25) is 14.7 Å². The molecular formula is C29H26FN3O5. The van der Waals surface area contributed by atoms with Crippen molar-refractivity contribution in [2.45, 2.75) is 13.0 Å². The fraction of sp³-hybridized carbons (Fsp3) is 0.207. The fourth-order valence-electron chi connectivity index (χ4n) is 4.43. The number of rotatable bonds is 8. The number of hydrogen-bond acceptors (Lipinski definition) is 6. The lowest BCUT2D eigenvalue weighted by atomic mass is 10.1. The summed E-state index contributed by atoms with van der Waals surface area (Å²) >= 11 is 0. The quantitative estimate of drug-likeness (QED) is 0.321. The molecule has 1 aliphatic heterocycles. The van der Waals surface area contributed by atoms with Gasteiger partial charge in [-0.2, -0.15) is 0 Å². The molecule has 0 unspecified atom stereocenters. The Balaban J connectivity index is 1.28. The molecule has 5 rings (SSSR count). The standard InChI is InChI=1S/C29H26FN3O5/c1-36-26-16-21-23(17-27(26)37-2)31-11-10-24(21)38-25-9-8-20(14-22(25)30)15-28(34)33-13-12-32(29(33)35)18-19-6-4-3-5-7-19/h3-11,14,16-17H,12-13,15,18H2,1-2H3. The van der Waals surface area contributed by atoms with Crippen molar-refractivity contribution in [2.75, 3.05) is 27.3 Å². The zero-order valence-electron chi connectivity index (χ0n) is 21.0. The molecule has 1 saturated heterocycles. The third-order valence-electron chi connectivity index (χ3n) is 6.39. The highest BCUT2D eigenvalue weighted by Crippen LogP contribution is 2.37. The van der Waals surface area contributed by atoms with E-state index in [1.54, 1.807) is 35.4 Å². The van der Waals surface area contributed by atoms with E-state index in [0.717, 1.165) is 5.56 Å². The fourth-order valence-corrected chi connectivity index (χ4v) is 4.43. The van der Waals surface area contributed by atoms with Crippen LogP contribution in [-0.4, -0.2) is 54.0 Å². The van der Waals surface area contributed by atoms with Crippen molar-refractivity contribution in [3.63, 3.8) is 0 Å². The Hall–Kier alpha value is -4.66. The minimum atomic E-state index is -0.626. The second-order valence-electron chi connectivity index (χ2n) is 8.81. The highest BCUT2D eigenvalue weighted by molar-refractivity contribution is 5.96. The lowest BCUT2D eigenvalue weighted by molar-refractivity contribution is -0.126. The van der Waals surface area contributed by atoms with Gasteiger partial charge >= 0.3 is 6.03 Å². The van der Waals surface area contributed by atoms with Crippen LogP contribution in [0.5, 0.6) is 23.0 Å². The van der Waals surface area contributed by atoms with Crippen molar-refractivity contribution < 1.29 is 28.2 Å². The van der Waals surface area contributed by atoms with Gasteiger partial charge in [-0.25, -0.2) is 9.18 Å². The van der Waals surface area contributed by atoms with Gasteiger partial charge in [0, 0.05) is 37.3 Å². The van der Waals surface area contributed by atoms with Crippen LogP contribution in [0, 0.1) is 5.82 Å². The number of imide groups is 1. The van der Waals surface area contributed by atoms with Gasteiger partial charge < -0.3 is 19.1 Å². The van der Waals surface area contributed by atoms with Crippen LogP contribution in [0.1, 0.15) is 11.1 Å². The highest BCUT2D eigenvalue weighted by atomic mass is 19.1. The van der Waals surface area contributed by atoms with Gasteiger partial charge in [0.15, 0.2) is 23.1 Å². The smallest absolute Gasteiger partial charge is 0.327 e. The SMILES string of the molecule is COc1cc2nccc(Oc3ccc(CC(=O)N4CCN(Cc5ccccc5)C4=O)cc3F)c2cc1OC. The average molecular weight is 516 g/mol. The summed E-state index contributed by atoms with van der Waals surface area (Å²) in [4.78, 5) is 32.8. The molecule has 4 aromatic rings. The number of carbonyl (C=O) groups excluding carboxylic acids is 2. The Morgan fingerprint density at radius 2 is 1.66 bits per heavy atom. The molecule has 194 valence electrons. The largest absolute Gasteiger partial charge is 0.493 e. The number of aromatic nitrogens is 1. The van der Waals surface area contributed by atoms with E-state index in [1.165, 1.54) is 31.3 Å². The van der Waals surface area contributed by atoms with E-state index in [2.05, 4.69) is 4.98 Å². The molecule has 9 heteroatoms. The van der Waals surface area contributed by atoms with E-state index in [9.17, 15) is 9.59 Å². The van der Waals surface area contributed by atoms with Gasteiger partial charge in [0.25, 0.3) is 0 Å². The van der Waals surface area contributed by atoms with Crippen molar-refractivity contribution in [3.8, 4) is 23.0 Å². The van der Waals surface area contributed by atoms with Gasteiger partial charge in [0.1, 0.15) is 5.75 Å². The van der Waals surface area contributed by atoms with Crippen LogP contribution in [0.15, 0.2) is 72.9 Å². The van der Waals surface area contributed by atoms with E-state index >= 15 is 4.39 Å². The Kier molecular flexibility index (Phi) is 7.08. The van der Waals surface area contributed by atoms with Crippen molar-refractivity contribution in [3.05, 3.63) is 89.9 Å². The first-order valence-corrected chi connectivity index (χ1v) is 12.1. The Labute approximate surface area is 219 Å². The van der Waals surface area contributed by atoms with Gasteiger partial charge in [-0.15, -0.1) is 0 Å². The molecule has 0 saturated carbocycles. The number of carbonyl (C=O) groups is 2. The highest BCUT2D eigenvalue weighted by Gasteiger charge is 2.32. The number of halogens is 1. The average Bonchev–Trinajstić information content (AvgIpc) is 3.29. The van der Waals surface area contributed by atoms with Gasteiger partial charge in [-0.1, -0.05) is 36.4 Å². The molecule has 1 aromatic heterocycles. The third kappa shape index (κ3) is 5.08. The van der Waals surface area contributed by atoms with Crippen LogP contribution >= 0.6 is 0 Å². The summed E-state index contributed by atoms with van der Waals surface area (Å²) in [6.07, 6.45) is 1.46. The summed E-state index contributed by atoms with van der Waals surface area (Å²) in [5.41, 5.74) is 2.03. The van der Waals surface area contributed by atoms with Gasteiger partial charge in [-0.05, 0) is 35.4 Å². The molecule has 1 fully saturated rings. The second-order valence-corrected chi connectivity index (χ2v) is 8.81. The normalized spacial score (nSPS) is 13.2. The summed E-state index contributed by atoms with van der Waals surface area (Å²) in [5, 5.41) is 0.622. The first-order valence-electron chi connectivity index (χ1n) is 12.1. The molecule has 38 heavy (non-hydrogen) atoms. The molecule has 0 N–H and O–H groups in total. The van der Waals surface area contributed by atoms with Crippen LogP contribution in [0.4, 0.5) is 9.18 Å². The number of methoxy groups -OCH3 is 2. The van der Waals surface area contributed by atoms with E-state index in [-0.39, 0.29) is 24.1 Å². The number of nitrogens with zero attached hydrogens (tertiary/aromatic N) is 3. The molecule has 3 aromatic carbocycles. The zero-order chi connectivity index (χ0) is 26.6. The minimum Gasteiger partial charge on any atom is -0.493 e. The predicted octanol–water partition coefficient (Wildman–Crippen LogP) is 5.19.